The lowest BCUT2D eigenvalue weighted by Gasteiger charge is -2.02. The Bertz CT molecular complexity index is 757. The zero-order valence-corrected chi connectivity index (χ0v) is 10.8. The molecule has 94 valence electrons. The Morgan fingerprint density at radius 1 is 0.650 bits per heavy atom. The molecule has 0 bridgehead atoms. The highest BCUT2D eigenvalue weighted by atomic mass is 14.8. The van der Waals surface area contributed by atoms with Crippen molar-refractivity contribution in [1.29, 1.82) is 0 Å². The SMILES string of the molecule is C(=C1c2cccnc2-c2ncccc21)c1ccccc1. The fourth-order valence-electron chi connectivity index (χ4n) is 2.64. The van der Waals surface area contributed by atoms with Gasteiger partial charge in [0, 0.05) is 23.5 Å². The molecule has 1 aliphatic rings. The smallest absolute Gasteiger partial charge is 0.0971 e. The largest absolute Gasteiger partial charge is 0.254 e. The van der Waals surface area contributed by atoms with E-state index in [1.165, 1.54) is 11.1 Å². The maximum atomic E-state index is 4.49. The van der Waals surface area contributed by atoms with Crippen molar-refractivity contribution < 1.29 is 0 Å². The first-order valence-corrected chi connectivity index (χ1v) is 6.61. The van der Waals surface area contributed by atoms with Gasteiger partial charge < -0.3 is 0 Å². The van der Waals surface area contributed by atoms with Crippen molar-refractivity contribution >= 4 is 11.6 Å². The van der Waals surface area contributed by atoms with Crippen LogP contribution in [-0.2, 0) is 0 Å². The van der Waals surface area contributed by atoms with Crippen molar-refractivity contribution in [2.45, 2.75) is 0 Å². The first-order valence-electron chi connectivity index (χ1n) is 6.61. The number of fused-ring (bicyclic) bond motifs is 3. The fourth-order valence-corrected chi connectivity index (χ4v) is 2.64. The van der Waals surface area contributed by atoms with E-state index >= 15 is 0 Å². The molecule has 1 aromatic carbocycles. The highest BCUT2D eigenvalue weighted by Crippen LogP contribution is 2.42. The van der Waals surface area contributed by atoms with Gasteiger partial charge in [0.25, 0.3) is 0 Å². The average molecular weight is 256 g/mol. The van der Waals surface area contributed by atoms with Crippen molar-refractivity contribution in [3.63, 3.8) is 0 Å². The summed E-state index contributed by atoms with van der Waals surface area (Å²) < 4.78 is 0. The Labute approximate surface area is 117 Å². The Morgan fingerprint density at radius 2 is 1.25 bits per heavy atom. The zero-order valence-electron chi connectivity index (χ0n) is 10.8. The van der Waals surface area contributed by atoms with Gasteiger partial charge in [-0.05, 0) is 29.3 Å². The van der Waals surface area contributed by atoms with Gasteiger partial charge in [-0.3, -0.25) is 9.97 Å². The molecule has 0 unspecified atom stereocenters. The second kappa shape index (κ2) is 4.42. The van der Waals surface area contributed by atoms with Crippen molar-refractivity contribution in [3.8, 4) is 11.4 Å². The topological polar surface area (TPSA) is 25.8 Å². The number of pyridine rings is 2. The van der Waals surface area contributed by atoms with Crippen LogP contribution in [0.1, 0.15) is 16.7 Å². The Balaban J connectivity index is 1.99. The van der Waals surface area contributed by atoms with Gasteiger partial charge in [0.1, 0.15) is 0 Å². The van der Waals surface area contributed by atoms with Crippen LogP contribution < -0.4 is 0 Å². The Kier molecular flexibility index (Phi) is 2.46. The number of benzene rings is 1. The zero-order chi connectivity index (χ0) is 13.4. The Hall–Kier alpha value is -2.74. The molecular weight excluding hydrogens is 244 g/mol. The minimum atomic E-state index is 0.977. The van der Waals surface area contributed by atoms with Gasteiger partial charge in [-0.2, -0.15) is 0 Å². The number of aromatic nitrogens is 2. The summed E-state index contributed by atoms with van der Waals surface area (Å²) in [7, 11) is 0. The van der Waals surface area contributed by atoms with Gasteiger partial charge in [0.05, 0.1) is 11.4 Å². The number of rotatable bonds is 1. The highest BCUT2D eigenvalue weighted by Gasteiger charge is 2.24. The van der Waals surface area contributed by atoms with Gasteiger partial charge in [-0.25, -0.2) is 0 Å². The lowest BCUT2D eigenvalue weighted by molar-refractivity contribution is 1.26. The average Bonchev–Trinajstić information content (AvgIpc) is 2.84. The number of hydrogen-bond donors (Lipinski definition) is 0. The second-order valence-electron chi connectivity index (χ2n) is 4.77. The van der Waals surface area contributed by atoms with Crippen LogP contribution in [0.5, 0.6) is 0 Å². The van der Waals surface area contributed by atoms with E-state index in [2.05, 4.69) is 52.4 Å². The summed E-state index contributed by atoms with van der Waals surface area (Å²) in [6.45, 7) is 0. The third-order valence-electron chi connectivity index (χ3n) is 3.53. The number of hydrogen-bond acceptors (Lipinski definition) is 2. The van der Waals surface area contributed by atoms with Crippen LogP contribution in [0, 0.1) is 0 Å². The normalized spacial score (nSPS) is 11.9. The van der Waals surface area contributed by atoms with Crippen LogP contribution in [-0.4, -0.2) is 9.97 Å². The van der Waals surface area contributed by atoms with Crippen molar-refractivity contribution in [2.24, 2.45) is 0 Å². The molecule has 4 rings (SSSR count). The maximum absolute atomic E-state index is 4.49. The second-order valence-corrected chi connectivity index (χ2v) is 4.77. The minimum Gasteiger partial charge on any atom is -0.254 e. The maximum Gasteiger partial charge on any atom is 0.0971 e. The molecule has 2 heteroatoms. The summed E-state index contributed by atoms with van der Waals surface area (Å²) in [6, 6.07) is 18.5. The number of nitrogens with zero attached hydrogens (tertiary/aromatic N) is 2. The molecule has 0 saturated carbocycles. The third kappa shape index (κ3) is 1.66. The monoisotopic (exact) mass is 256 g/mol. The van der Waals surface area contributed by atoms with Gasteiger partial charge in [-0.1, -0.05) is 42.5 Å². The van der Waals surface area contributed by atoms with Crippen LogP contribution in [0.2, 0.25) is 0 Å². The standard InChI is InChI=1S/C18H12N2/c1-2-6-13(7-3-1)12-16-14-8-4-10-19-17(14)18-15(16)9-5-11-20-18/h1-12H. The Morgan fingerprint density at radius 3 is 1.85 bits per heavy atom. The molecular formula is C18H12N2. The van der Waals surface area contributed by atoms with Gasteiger partial charge >= 0.3 is 0 Å². The van der Waals surface area contributed by atoms with E-state index < -0.39 is 0 Å². The van der Waals surface area contributed by atoms with Crippen LogP contribution in [0.15, 0.2) is 67.0 Å². The fraction of sp³-hybridized carbons (Fsp3) is 0. The van der Waals surface area contributed by atoms with Crippen LogP contribution in [0.25, 0.3) is 23.0 Å². The molecule has 1 aliphatic carbocycles. The highest BCUT2D eigenvalue weighted by molar-refractivity contribution is 6.04. The molecule has 2 aromatic heterocycles. The first-order chi connectivity index (χ1) is 9.93. The lowest BCUT2D eigenvalue weighted by atomic mass is 10.0. The van der Waals surface area contributed by atoms with Crippen LogP contribution >= 0.6 is 0 Å². The lowest BCUT2D eigenvalue weighted by Crippen LogP contribution is -1.84. The van der Waals surface area contributed by atoms with E-state index in [-0.39, 0.29) is 0 Å². The predicted molar refractivity (Wildman–Crippen MR) is 80.9 cm³/mol. The molecule has 0 fully saturated rings. The molecule has 2 nitrogen and oxygen atoms in total. The molecule has 0 amide bonds. The van der Waals surface area contributed by atoms with Crippen molar-refractivity contribution in [2.75, 3.05) is 0 Å². The van der Waals surface area contributed by atoms with E-state index in [0.717, 1.165) is 22.5 Å². The molecule has 20 heavy (non-hydrogen) atoms. The van der Waals surface area contributed by atoms with E-state index in [4.69, 9.17) is 0 Å². The van der Waals surface area contributed by atoms with E-state index in [1.807, 2.05) is 30.6 Å². The molecule has 0 aliphatic heterocycles. The minimum absolute atomic E-state index is 0.977. The summed E-state index contributed by atoms with van der Waals surface area (Å²) in [4.78, 5) is 8.98. The summed E-state index contributed by atoms with van der Waals surface area (Å²) >= 11 is 0. The molecule has 2 heterocycles. The van der Waals surface area contributed by atoms with Crippen LogP contribution in [0.3, 0.4) is 0 Å². The molecule has 0 atom stereocenters. The third-order valence-corrected chi connectivity index (χ3v) is 3.53. The summed E-state index contributed by atoms with van der Waals surface area (Å²) in [5.41, 5.74) is 6.65. The summed E-state index contributed by atoms with van der Waals surface area (Å²) in [5, 5.41) is 0. The van der Waals surface area contributed by atoms with E-state index in [1.54, 1.807) is 0 Å². The van der Waals surface area contributed by atoms with E-state index in [0.29, 0.717) is 0 Å². The van der Waals surface area contributed by atoms with E-state index in [9.17, 15) is 0 Å². The van der Waals surface area contributed by atoms with Gasteiger partial charge in [0.15, 0.2) is 0 Å². The van der Waals surface area contributed by atoms with Gasteiger partial charge in [0.2, 0.25) is 0 Å². The van der Waals surface area contributed by atoms with Gasteiger partial charge in [-0.15, -0.1) is 0 Å². The molecule has 3 aromatic rings. The molecule has 0 saturated heterocycles. The predicted octanol–water partition coefficient (Wildman–Crippen LogP) is 4.05. The summed E-state index contributed by atoms with van der Waals surface area (Å²) in [5.74, 6) is 0. The molecule has 0 radical (unpaired) electrons. The van der Waals surface area contributed by atoms with Crippen molar-refractivity contribution in [3.05, 3.63) is 83.7 Å². The van der Waals surface area contributed by atoms with Crippen molar-refractivity contribution in [1.82, 2.24) is 9.97 Å². The van der Waals surface area contributed by atoms with Crippen LogP contribution in [0.4, 0.5) is 0 Å². The summed E-state index contributed by atoms with van der Waals surface area (Å²) in [6.07, 6.45) is 5.85. The molecule has 0 spiro atoms. The quantitative estimate of drug-likeness (QED) is 0.513. The first kappa shape index (κ1) is 11.1. The molecule has 0 N–H and O–H groups in total.